The topological polar surface area (TPSA) is 74.6 Å². The zero-order valence-corrected chi connectivity index (χ0v) is 16.6. The van der Waals surface area contributed by atoms with Gasteiger partial charge in [0.25, 0.3) is 10.0 Å². The standard InChI is InChI=1S/C19H18ClNO5S/c1-12-16(11-19(22)26-3)17-10-14(25-2)6-9-18(17)21(12)27(23,24)15-7-4-13(20)5-8-15/h4-10H,11H2,1-3H3. The fourth-order valence-corrected chi connectivity index (χ4v) is 4.73. The van der Waals surface area contributed by atoms with Gasteiger partial charge in [-0.2, -0.15) is 0 Å². The highest BCUT2D eigenvalue weighted by atomic mass is 35.5. The molecule has 1 heterocycles. The Morgan fingerprint density at radius 2 is 1.78 bits per heavy atom. The summed E-state index contributed by atoms with van der Waals surface area (Å²) < 4.78 is 37.8. The molecule has 1 aromatic heterocycles. The van der Waals surface area contributed by atoms with Crippen LogP contribution in [0.4, 0.5) is 0 Å². The number of hydrogen-bond donors (Lipinski definition) is 0. The molecular weight excluding hydrogens is 390 g/mol. The Labute approximate surface area is 162 Å². The normalized spacial score (nSPS) is 11.6. The summed E-state index contributed by atoms with van der Waals surface area (Å²) in [5, 5.41) is 1.06. The molecule has 6 nitrogen and oxygen atoms in total. The van der Waals surface area contributed by atoms with E-state index < -0.39 is 16.0 Å². The first kappa shape index (κ1) is 19.3. The molecule has 0 atom stereocenters. The molecule has 27 heavy (non-hydrogen) atoms. The molecule has 0 aliphatic carbocycles. The first-order valence-electron chi connectivity index (χ1n) is 8.05. The van der Waals surface area contributed by atoms with Crippen LogP contribution < -0.4 is 4.74 Å². The number of esters is 1. The molecule has 142 valence electrons. The average molecular weight is 408 g/mol. The van der Waals surface area contributed by atoms with Crippen LogP contribution in [-0.4, -0.2) is 32.6 Å². The Balaban J connectivity index is 2.31. The highest BCUT2D eigenvalue weighted by molar-refractivity contribution is 7.90. The van der Waals surface area contributed by atoms with Crippen molar-refractivity contribution in [2.75, 3.05) is 14.2 Å². The Morgan fingerprint density at radius 1 is 1.11 bits per heavy atom. The van der Waals surface area contributed by atoms with Gasteiger partial charge in [0.2, 0.25) is 0 Å². The fourth-order valence-electron chi connectivity index (χ4n) is 3.02. The number of aromatic nitrogens is 1. The third-order valence-electron chi connectivity index (χ3n) is 4.39. The van der Waals surface area contributed by atoms with E-state index >= 15 is 0 Å². The number of rotatable bonds is 5. The highest BCUT2D eigenvalue weighted by Crippen LogP contribution is 2.33. The predicted molar refractivity (Wildman–Crippen MR) is 103 cm³/mol. The molecule has 0 N–H and O–H groups in total. The van der Waals surface area contributed by atoms with E-state index in [1.807, 2.05) is 0 Å². The average Bonchev–Trinajstić information content (AvgIpc) is 2.93. The maximum Gasteiger partial charge on any atom is 0.310 e. The second-order valence-electron chi connectivity index (χ2n) is 5.92. The highest BCUT2D eigenvalue weighted by Gasteiger charge is 2.26. The van der Waals surface area contributed by atoms with Gasteiger partial charge < -0.3 is 9.47 Å². The van der Waals surface area contributed by atoms with Crippen LogP contribution in [0.15, 0.2) is 47.4 Å². The number of ether oxygens (including phenoxy) is 2. The summed E-state index contributed by atoms with van der Waals surface area (Å²) in [6, 6.07) is 11.0. The third-order valence-corrected chi connectivity index (χ3v) is 6.46. The van der Waals surface area contributed by atoms with E-state index in [4.69, 9.17) is 21.1 Å². The zero-order chi connectivity index (χ0) is 19.8. The molecule has 2 aromatic carbocycles. The van der Waals surface area contributed by atoms with Gasteiger partial charge in [-0.05, 0) is 55.0 Å². The van der Waals surface area contributed by atoms with Gasteiger partial charge in [0, 0.05) is 16.1 Å². The second-order valence-corrected chi connectivity index (χ2v) is 8.15. The second kappa shape index (κ2) is 7.25. The molecule has 0 spiro atoms. The van der Waals surface area contributed by atoms with E-state index in [-0.39, 0.29) is 11.3 Å². The number of carbonyl (C=O) groups excluding carboxylic acids is 1. The lowest BCUT2D eigenvalue weighted by Crippen LogP contribution is -2.15. The number of halogens is 1. The molecule has 0 bridgehead atoms. The van der Waals surface area contributed by atoms with E-state index in [1.165, 1.54) is 42.5 Å². The van der Waals surface area contributed by atoms with Crippen LogP contribution >= 0.6 is 11.6 Å². The van der Waals surface area contributed by atoms with E-state index in [2.05, 4.69) is 0 Å². The molecule has 0 aliphatic heterocycles. The van der Waals surface area contributed by atoms with E-state index in [1.54, 1.807) is 25.1 Å². The molecule has 0 saturated heterocycles. The summed E-state index contributed by atoms with van der Waals surface area (Å²) in [5.74, 6) is 0.110. The van der Waals surface area contributed by atoms with Crippen LogP contribution in [0.5, 0.6) is 5.75 Å². The largest absolute Gasteiger partial charge is 0.497 e. The first-order valence-corrected chi connectivity index (χ1v) is 9.87. The van der Waals surface area contributed by atoms with Gasteiger partial charge in [-0.3, -0.25) is 4.79 Å². The summed E-state index contributed by atoms with van der Waals surface area (Å²) >= 11 is 5.88. The lowest BCUT2D eigenvalue weighted by Gasteiger charge is -2.10. The van der Waals surface area contributed by atoms with Gasteiger partial charge in [0.05, 0.1) is 31.1 Å². The molecule has 0 aliphatic rings. The quantitative estimate of drug-likeness (QED) is 0.604. The first-order chi connectivity index (χ1) is 12.8. The Kier molecular flexibility index (Phi) is 5.17. The maximum absolute atomic E-state index is 13.3. The van der Waals surface area contributed by atoms with Gasteiger partial charge in [-0.15, -0.1) is 0 Å². The van der Waals surface area contributed by atoms with Crippen molar-refractivity contribution < 1.29 is 22.7 Å². The van der Waals surface area contributed by atoms with Gasteiger partial charge >= 0.3 is 5.97 Å². The molecule has 0 unspecified atom stereocenters. The molecule has 3 rings (SSSR count). The minimum absolute atomic E-state index is 0.0465. The van der Waals surface area contributed by atoms with Gasteiger partial charge in [-0.1, -0.05) is 11.6 Å². The van der Waals surface area contributed by atoms with Crippen molar-refractivity contribution in [2.45, 2.75) is 18.2 Å². The van der Waals surface area contributed by atoms with E-state index in [0.717, 1.165) is 0 Å². The van der Waals surface area contributed by atoms with Crippen LogP contribution in [0.2, 0.25) is 5.02 Å². The molecule has 0 fully saturated rings. The van der Waals surface area contributed by atoms with Gasteiger partial charge in [-0.25, -0.2) is 12.4 Å². The minimum Gasteiger partial charge on any atom is -0.497 e. The van der Waals surface area contributed by atoms with Crippen molar-refractivity contribution in [1.82, 2.24) is 3.97 Å². The van der Waals surface area contributed by atoms with Crippen LogP contribution in [0.3, 0.4) is 0 Å². The molecule has 0 saturated carbocycles. The molecule has 0 amide bonds. The maximum atomic E-state index is 13.3. The van der Waals surface area contributed by atoms with Crippen LogP contribution in [0.25, 0.3) is 10.9 Å². The zero-order valence-electron chi connectivity index (χ0n) is 15.0. The number of nitrogens with zero attached hydrogens (tertiary/aromatic N) is 1. The Bertz CT molecular complexity index is 1120. The van der Waals surface area contributed by atoms with Gasteiger partial charge in [0.15, 0.2) is 0 Å². The predicted octanol–water partition coefficient (Wildman–Crippen LogP) is 3.56. The number of fused-ring (bicyclic) bond motifs is 1. The van der Waals surface area contributed by atoms with Crippen molar-refractivity contribution in [3.8, 4) is 5.75 Å². The molecule has 3 aromatic rings. The summed E-state index contributed by atoms with van der Waals surface area (Å²) in [6.07, 6.45) is -0.0465. The van der Waals surface area contributed by atoms with E-state index in [9.17, 15) is 13.2 Å². The number of carbonyl (C=O) groups is 1. The molecule has 0 radical (unpaired) electrons. The lowest BCUT2D eigenvalue weighted by molar-refractivity contribution is -0.139. The van der Waals surface area contributed by atoms with Crippen molar-refractivity contribution in [3.63, 3.8) is 0 Å². The fraction of sp³-hybridized carbons (Fsp3) is 0.211. The number of hydrogen-bond acceptors (Lipinski definition) is 5. The Hall–Kier alpha value is -2.51. The Morgan fingerprint density at radius 3 is 2.37 bits per heavy atom. The van der Waals surface area contributed by atoms with Crippen LogP contribution in [-0.2, 0) is 26.0 Å². The number of methoxy groups -OCH3 is 2. The van der Waals surface area contributed by atoms with Gasteiger partial charge in [0.1, 0.15) is 5.75 Å². The van der Waals surface area contributed by atoms with Crippen LogP contribution in [0, 0.1) is 6.92 Å². The van der Waals surface area contributed by atoms with Crippen molar-refractivity contribution >= 4 is 38.5 Å². The third kappa shape index (κ3) is 3.40. The summed E-state index contributed by atoms with van der Waals surface area (Å²) in [4.78, 5) is 12.0. The molecular formula is C19H18ClNO5S. The van der Waals surface area contributed by atoms with Crippen molar-refractivity contribution in [2.24, 2.45) is 0 Å². The SMILES string of the molecule is COC(=O)Cc1c(C)n(S(=O)(=O)c2ccc(Cl)cc2)c2ccc(OC)cc12. The summed E-state index contributed by atoms with van der Waals surface area (Å²) in [6.45, 7) is 1.66. The monoisotopic (exact) mass is 407 g/mol. The van der Waals surface area contributed by atoms with Crippen molar-refractivity contribution in [3.05, 3.63) is 58.7 Å². The smallest absolute Gasteiger partial charge is 0.310 e. The summed E-state index contributed by atoms with van der Waals surface area (Å²) in [7, 11) is -1.07. The minimum atomic E-state index is -3.89. The lowest BCUT2D eigenvalue weighted by atomic mass is 10.1. The number of benzene rings is 2. The summed E-state index contributed by atoms with van der Waals surface area (Å²) in [5.41, 5.74) is 1.48. The van der Waals surface area contributed by atoms with E-state index in [0.29, 0.717) is 32.9 Å². The van der Waals surface area contributed by atoms with Crippen LogP contribution in [0.1, 0.15) is 11.3 Å². The molecule has 8 heteroatoms. The van der Waals surface area contributed by atoms with Crippen molar-refractivity contribution in [1.29, 1.82) is 0 Å².